The number of rotatable bonds is 1. The van der Waals surface area contributed by atoms with Crippen molar-refractivity contribution < 1.29 is 9.47 Å². The molecule has 0 aliphatic carbocycles. The van der Waals surface area contributed by atoms with Crippen LogP contribution in [0.25, 0.3) is 0 Å². The number of hydrogen-bond acceptors (Lipinski definition) is 3. The van der Waals surface area contributed by atoms with Crippen LogP contribution in [0.4, 0.5) is 17.1 Å². The molecule has 3 aliphatic rings. The predicted octanol–water partition coefficient (Wildman–Crippen LogP) is 5.44. The highest BCUT2D eigenvalue weighted by Crippen LogP contribution is 2.59. The first-order chi connectivity index (χ1) is 13.9. The first kappa shape index (κ1) is 14.7. The van der Waals surface area contributed by atoms with E-state index in [1.807, 2.05) is 6.07 Å². The normalized spacial score (nSPS) is 14.8. The lowest BCUT2D eigenvalue weighted by atomic mass is 10.1. The summed E-state index contributed by atoms with van der Waals surface area (Å²) in [5, 5.41) is 3.76. The van der Waals surface area contributed by atoms with Crippen LogP contribution in [-0.4, -0.2) is 0 Å². The van der Waals surface area contributed by atoms with E-state index < -0.39 is 7.92 Å². The van der Waals surface area contributed by atoms with Gasteiger partial charge in [0.2, 0.25) is 0 Å². The van der Waals surface area contributed by atoms with Crippen LogP contribution in [0.15, 0.2) is 84.9 Å². The molecule has 0 saturated carbocycles. The molecule has 28 heavy (non-hydrogen) atoms. The molecule has 0 radical (unpaired) electrons. The van der Waals surface area contributed by atoms with Gasteiger partial charge in [-0.2, -0.15) is 0 Å². The number of hydrogen-bond donors (Lipinski definition) is 0. The summed E-state index contributed by atoms with van der Waals surface area (Å²) < 4.78 is 12.7. The van der Waals surface area contributed by atoms with Gasteiger partial charge in [0.05, 0.1) is 27.3 Å². The van der Waals surface area contributed by atoms with Crippen molar-refractivity contribution in [1.29, 1.82) is 0 Å². The fourth-order valence-corrected chi connectivity index (χ4v) is 7.28. The Hall–Kier alpha value is -3.29. The Morgan fingerprint density at radius 3 is 1.57 bits per heavy atom. The molecule has 0 saturated heterocycles. The van der Waals surface area contributed by atoms with Gasteiger partial charge in [-0.05, 0) is 48.5 Å². The molecule has 3 nitrogen and oxygen atoms in total. The van der Waals surface area contributed by atoms with E-state index in [0.29, 0.717) is 0 Å². The van der Waals surface area contributed by atoms with Crippen LogP contribution in [0.3, 0.4) is 0 Å². The van der Waals surface area contributed by atoms with Crippen LogP contribution < -0.4 is 30.3 Å². The zero-order valence-electron chi connectivity index (χ0n) is 14.8. The molecule has 4 heteroatoms. The van der Waals surface area contributed by atoms with Crippen LogP contribution in [-0.2, 0) is 0 Å². The molecule has 7 rings (SSSR count). The van der Waals surface area contributed by atoms with Gasteiger partial charge < -0.3 is 14.4 Å². The monoisotopic (exact) mass is 379 g/mol. The van der Waals surface area contributed by atoms with Gasteiger partial charge >= 0.3 is 0 Å². The first-order valence-corrected chi connectivity index (χ1v) is 10.6. The van der Waals surface area contributed by atoms with E-state index >= 15 is 0 Å². The minimum Gasteiger partial charge on any atom is -0.456 e. The number of anilines is 3. The topological polar surface area (TPSA) is 21.7 Å². The fourth-order valence-electron chi connectivity index (χ4n) is 4.44. The minimum atomic E-state index is -0.712. The molecule has 0 N–H and O–H groups in total. The third-order valence-corrected chi connectivity index (χ3v) is 8.21. The number of ether oxygens (including phenoxy) is 2. The largest absolute Gasteiger partial charge is 0.456 e. The maximum atomic E-state index is 6.34. The SMILES string of the molecule is c1ccc(N2c3cccc4c3P3c5c(cccc5Oc5cccc2c53)O4)cc1. The van der Waals surface area contributed by atoms with E-state index in [4.69, 9.17) is 9.47 Å². The first-order valence-electron chi connectivity index (χ1n) is 9.30. The summed E-state index contributed by atoms with van der Waals surface area (Å²) >= 11 is 0. The smallest absolute Gasteiger partial charge is 0.139 e. The molecule has 0 amide bonds. The molecule has 132 valence electrons. The van der Waals surface area contributed by atoms with Crippen molar-refractivity contribution in [3.05, 3.63) is 84.9 Å². The molecule has 0 spiro atoms. The average Bonchev–Trinajstić information content (AvgIpc) is 2.75. The maximum absolute atomic E-state index is 6.34. The third-order valence-electron chi connectivity index (χ3n) is 5.52. The predicted molar refractivity (Wildman–Crippen MR) is 114 cm³/mol. The zero-order chi connectivity index (χ0) is 18.2. The number of benzene rings is 4. The zero-order valence-corrected chi connectivity index (χ0v) is 15.7. The standard InChI is InChI=1S/C24H14NO2P/c1-2-7-15(8-3-1)25-16-9-4-11-18-22(16)28-23-17(25)10-5-12-19(23)27-21-14-6-13-20(26-18)24(21)28/h1-14H. The van der Waals surface area contributed by atoms with Crippen LogP contribution >= 0.6 is 7.92 Å². The van der Waals surface area contributed by atoms with Gasteiger partial charge in [-0.25, -0.2) is 0 Å². The highest BCUT2D eigenvalue weighted by atomic mass is 31.1. The summed E-state index contributed by atoms with van der Waals surface area (Å²) in [4.78, 5) is 2.34. The second-order valence-corrected chi connectivity index (χ2v) is 9.07. The van der Waals surface area contributed by atoms with E-state index in [0.717, 1.165) is 28.7 Å². The summed E-state index contributed by atoms with van der Waals surface area (Å²) in [6.07, 6.45) is 0. The number of para-hydroxylation sites is 1. The van der Waals surface area contributed by atoms with Crippen LogP contribution in [0.1, 0.15) is 0 Å². The van der Waals surface area contributed by atoms with Crippen LogP contribution in [0.5, 0.6) is 23.0 Å². The molecule has 3 heterocycles. The van der Waals surface area contributed by atoms with Crippen molar-refractivity contribution in [1.82, 2.24) is 0 Å². The third kappa shape index (κ3) is 1.73. The van der Waals surface area contributed by atoms with Gasteiger partial charge in [0.25, 0.3) is 0 Å². The number of nitrogens with zero attached hydrogens (tertiary/aromatic N) is 1. The molecule has 0 aromatic heterocycles. The van der Waals surface area contributed by atoms with Crippen molar-refractivity contribution in [2.45, 2.75) is 0 Å². The van der Waals surface area contributed by atoms with Gasteiger partial charge in [0, 0.05) is 13.6 Å². The Bertz CT molecular complexity index is 1210. The van der Waals surface area contributed by atoms with Crippen molar-refractivity contribution in [2.75, 3.05) is 4.90 Å². The highest BCUT2D eigenvalue weighted by Gasteiger charge is 2.44. The summed E-state index contributed by atoms with van der Waals surface area (Å²) in [6.45, 7) is 0. The van der Waals surface area contributed by atoms with Crippen molar-refractivity contribution >= 4 is 40.9 Å². The highest BCUT2D eigenvalue weighted by molar-refractivity contribution is 7.81. The summed E-state index contributed by atoms with van der Waals surface area (Å²) in [7, 11) is -0.712. The van der Waals surface area contributed by atoms with E-state index in [-0.39, 0.29) is 0 Å². The molecular weight excluding hydrogens is 365 g/mol. The maximum Gasteiger partial charge on any atom is 0.139 e. The van der Waals surface area contributed by atoms with Gasteiger partial charge in [-0.1, -0.05) is 36.4 Å². The second-order valence-electron chi connectivity index (χ2n) is 7.06. The van der Waals surface area contributed by atoms with Gasteiger partial charge in [-0.3, -0.25) is 0 Å². The molecular formula is C24H14NO2P. The van der Waals surface area contributed by atoms with Crippen molar-refractivity contribution in [2.24, 2.45) is 0 Å². The molecule has 0 atom stereocenters. The van der Waals surface area contributed by atoms with E-state index in [9.17, 15) is 0 Å². The van der Waals surface area contributed by atoms with Crippen LogP contribution in [0.2, 0.25) is 0 Å². The van der Waals surface area contributed by atoms with E-state index in [1.165, 1.54) is 27.3 Å². The lowest BCUT2D eigenvalue weighted by molar-refractivity contribution is 0.466. The molecule has 0 bridgehead atoms. The second kappa shape index (κ2) is 5.15. The summed E-state index contributed by atoms with van der Waals surface area (Å²) in [5.74, 6) is 3.75. The Kier molecular flexibility index (Phi) is 2.71. The summed E-state index contributed by atoms with van der Waals surface area (Å²) in [6, 6.07) is 29.4. The van der Waals surface area contributed by atoms with Crippen molar-refractivity contribution in [3.8, 4) is 23.0 Å². The Morgan fingerprint density at radius 2 is 1.00 bits per heavy atom. The fraction of sp³-hybridized carbons (Fsp3) is 0. The van der Waals surface area contributed by atoms with E-state index in [2.05, 4.69) is 83.8 Å². The quantitative estimate of drug-likeness (QED) is 0.355. The molecule has 0 fully saturated rings. The Morgan fingerprint density at radius 1 is 0.500 bits per heavy atom. The Balaban J connectivity index is 1.63. The van der Waals surface area contributed by atoms with Gasteiger partial charge in [-0.15, -0.1) is 0 Å². The van der Waals surface area contributed by atoms with Crippen LogP contribution in [0, 0.1) is 0 Å². The lowest BCUT2D eigenvalue weighted by Crippen LogP contribution is -2.39. The lowest BCUT2D eigenvalue weighted by Gasteiger charge is -2.43. The molecule has 3 aliphatic heterocycles. The molecule has 0 unspecified atom stereocenters. The molecule has 4 aromatic rings. The van der Waals surface area contributed by atoms with E-state index in [1.54, 1.807) is 0 Å². The van der Waals surface area contributed by atoms with Crippen molar-refractivity contribution in [3.63, 3.8) is 0 Å². The average molecular weight is 379 g/mol. The summed E-state index contributed by atoms with van der Waals surface area (Å²) in [5.41, 5.74) is 3.53. The minimum absolute atomic E-state index is 0.712. The van der Waals surface area contributed by atoms with Gasteiger partial charge in [0.1, 0.15) is 23.0 Å². The Labute approximate surface area is 163 Å². The van der Waals surface area contributed by atoms with Gasteiger partial charge in [0.15, 0.2) is 0 Å². The molecule has 4 aromatic carbocycles.